The number of rotatable bonds is 4. The van der Waals surface area contributed by atoms with Gasteiger partial charge in [-0.3, -0.25) is 15.0 Å². The first-order chi connectivity index (χ1) is 14.8. The molecule has 0 saturated carbocycles. The normalized spacial score (nSPS) is 17.9. The van der Waals surface area contributed by atoms with E-state index in [4.69, 9.17) is 4.74 Å². The van der Waals surface area contributed by atoms with Crippen LogP contribution in [-0.2, 0) is 14.4 Å². The van der Waals surface area contributed by atoms with Crippen molar-refractivity contribution in [3.63, 3.8) is 0 Å². The van der Waals surface area contributed by atoms with Gasteiger partial charge in [0.1, 0.15) is 5.60 Å². The van der Waals surface area contributed by atoms with Gasteiger partial charge in [0.15, 0.2) is 0 Å². The summed E-state index contributed by atoms with van der Waals surface area (Å²) in [6.07, 6.45) is -0.644. The average molecular weight is 433 g/mol. The summed E-state index contributed by atoms with van der Waals surface area (Å²) in [5.74, 6) is -0.250. The Labute approximate surface area is 186 Å². The molecule has 1 aliphatic heterocycles. The summed E-state index contributed by atoms with van der Waals surface area (Å²) in [6.45, 7) is 5.39. The fraction of sp³-hybridized carbons (Fsp3) is 0.200. The molecule has 158 valence electrons. The first-order valence-electron chi connectivity index (χ1n) is 10.0. The molecule has 5 nitrogen and oxygen atoms in total. The molecule has 1 atom stereocenters. The lowest BCUT2D eigenvalue weighted by Crippen LogP contribution is -2.51. The van der Waals surface area contributed by atoms with Crippen molar-refractivity contribution in [1.29, 1.82) is 0 Å². The van der Waals surface area contributed by atoms with Crippen molar-refractivity contribution in [2.75, 3.05) is 4.90 Å². The first-order valence-corrected chi connectivity index (χ1v) is 10.9. The van der Waals surface area contributed by atoms with Crippen molar-refractivity contribution in [3.05, 3.63) is 90.5 Å². The van der Waals surface area contributed by atoms with E-state index >= 15 is 0 Å². The van der Waals surface area contributed by atoms with Crippen LogP contribution in [0.1, 0.15) is 26.3 Å². The molecule has 2 amide bonds. The van der Waals surface area contributed by atoms with E-state index in [-0.39, 0.29) is 5.91 Å². The summed E-state index contributed by atoms with van der Waals surface area (Å²) in [5, 5.41) is 2.91. The van der Waals surface area contributed by atoms with Crippen LogP contribution in [0, 0.1) is 0 Å². The maximum atomic E-state index is 14.0. The maximum absolute atomic E-state index is 14.0. The number of hydrogen-bond acceptors (Lipinski definition) is 4. The second-order valence-electron chi connectivity index (χ2n) is 8.22. The predicted molar refractivity (Wildman–Crippen MR) is 123 cm³/mol. The van der Waals surface area contributed by atoms with E-state index < -0.39 is 16.6 Å². The summed E-state index contributed by atoms with van der Waals surface area (Å²) in [4.78, 5) is 28.1. The summed E-state index contributed by atoms with van der Waals surface area (Å²) >= 11 is 1.30. The van der Waals surface area contributed by atoms with Gasteiger partial charge in [-0.15, -0.1) is 0 Å². The fourth-order valence-corrected chi connectivity index (χ4v) is 4.78. The van der Waals surface area contributed by atoms with E-state index in [9.17, 15) is 9.59 Å². The number of alkyl carbamates (subject to hydrolysis) is 1. The number of carbonyl (C=O) groups excluding carboxylic acids is 2. The van der Waals surface area contributed by atoms with Gasteiger partial charge in [-0.05, 0) is 51.1 Å². The van der Waals surface area contributed by atoms with E-state index in [2.05, 4.69) is 5.32 Å². The van der Waals surface area contributed by atoms with Gasteiger partial charge in [0.2, 0.25) is 4.87 Å². The number of anilines is 2. The minimum absolute atomic E-state index is 0.250. The van der Waals surface area contributed by atoms with Gasteiger partial charge < -0.3 is 4.74 Å². The molecule has 3 aromatic rings. The maximum Gasteiger partial charge on any atom is 0.409 e. The Kier molecular flexibility index (Phi) is 5.50. The Bertz CT molecular complexity index is 1100. The third kappa shape index (κ3) is 4.16. The van der Waals surface area contributed by atoms with E-state index in [1.807, 2.05) is 84.9 Å². The topological polar surface area (TPSA) is 58.6 Å². The van der Waals surface area contributed by atoms with Gasteiger partial charge in [-0.2, -0.15) is 0 Å². The van der Waals surface area contributed by atoms with E-state index in [0.29, 0.717) is 5.56 Å². The smallest absolute Gasteiger partial charge is 0.409 e. The lowest BCUT2D eigenvalue weighted by Gasteiger charge is -2.31. The van der Waals surface area contributed by atoms with Crippen LogP contribution in [0.2, 0.25) is 0 Å². The van der Waals surface area contributed by atoms with Crippen molar-refractivity contribution in [1.82, 2.24) is 5.32 Å². The highest BCUT2D eigenvalue weighted by Gasteiger charge is 2.54. The number of nitrogens with zero attached hydrogens (tertiary/aromatic N) is 1. The Balaban J connectivity index is 1.85. The second-order valence-corrected chi connectivity index (χ2v) is 9.50. The second kappa shape index (κ2) is 8.12. The van der Waals surface area contributed by atoms with Gasteiger partial charge in [0, 0.05) is 16.1 Å². The number of hydrogen-bond donors (Lipinski definition) is 1. The predicted octanol–water partition coefficient (Wildman–Crippen LogP) is 5.83. The summed E-state index contributed by atoms with van der Waals surface area (Å²) < 4.78 is 5.53. The Morgan fingerprint density at radius 3 is 2.13 bits per heavy atom. The molecule has 4 rings (SSSR count). The highest BCUT2D eigenvalue weighted by Crippen LogP contribution is 2.52. The number of para-hydroxylation sites is 2. The van der Waals surface area contributed by atoms with E-state index in [1.54, 1.807) is 25.7 Å². The average Bonchev–Trinajstić information content (AvgIpc) is 2.96. The Hall–Kier alpha value is -3.25. The highest BCUT2D eigenvalue weighted by molar-refractivity contribution is 8.01. The van der Waals surface area contributed by atoms with Crippen molar-refractivity contribution in [2.45, 2.75) is 36.1 Å². The summed E-state index contributed by atoms with van der Waals surface area (Å²) in [7, 11) is 0. The van der Waals surface area contributed by atoms with Crippen LogP contribution in [0.5, 0.6) is 0 Å². The molecule has 31 heavy (non-hydrogen) atoms. The zero-order chi connectivity index (χ0) is 22.1. The number of carbonyl (C=O) groups is 2. The SMILES string of the molecule is CC(C)(C)OC(=O)NC1(Sc2ccccc2)C(=O)N(c2ccccc2)c2ccccc21. The third-order valence-corrected chi connectivity index (χ3v) is 6.04. The number of ether oxygens (including phenoxy) is 1. The first kappa shape index (κ1) is 21.0. The molecule has 0 bridgehead atoms. The molecule has 1 aliphatic rings. The van der Waals surface area contributed by atoms with Crippen molar-refractivity contribution >= 4 is 35.1 Å². The molecule has 0 saturated heterocycles. The third-order valence-electron chi connectivity index (χ3n) is 4.73. The Morgan fingerprint density at radius 1 is 0.903 bits per heavy atom. The van der Waals surface area contributed by atoms with Crippen LogP contribution in [0.15, 0.2) is 89.8 Å². The minimum Gasteiger partial charge on any atom is -0.444 e. The molecule has 1 N–H and O–H groups in total. The number of fused-ring (bicyclic) bond motifs is 1. The quantitative estimate of drug-likeness (QED) is 0.527. The van der Waals surface area contributed by atoms with Gasteiger partial charge in [0.05, 0.1) is 5.69 Å². The Morgan fingerprint density at radius 2 is 1.48 bits per heavy atom. The summed E-state index contributed by atoms with van der Waals surface area (Å²) in [5.41, 5.74) is 1.49. The fourth-order valence-electron chi connectivity index (χ4n) is 3.54. The van der Waals surface area contributed by atoms with Crippen LogP contribution in [0.4, 0.5) is 16.2 Å². The molecule has 0 aromatic heterocycles. The molecule has 0 aliphatic carbocycles. The molecule has 0 radical (unpaired) electrons. The molecule has 1 unspecified atom stereocenters. The molecular formula is C25H24N2O3S. The highest BCUT2D eigenvalue weighted by atomic mass is 32.2. The number of benzene rings is 3. The van der Waals surface area contributed by atoms with Crippen LogP contribution in [0.3, 0.4) is 0 Å². The van der Waals surface area contributed by atoms with Crippen LogP contribution in [-0.4, -0.2) is 17.6 Å². The number of thioether (sulfide) groups is 1. The zero-order valence-electron chi connectivity index (χ0n) is 17.7. The lowest BCUT2D eigenvalue weighted by molar-refractivity contribution is -0.120. The molecule has 3 aromatic carbocycles. The monoisotopic (exact) mass is 432 g/mol. The van der Waals surface area contributed by atoms with Crippen molar-refractivity contribution < 1.29 is 14.3 Å². The summed E-state index contributed by atoms with van der Waals surface area (Å²) in [6, 6.07) is 26.5. The molecule has 6 heteroatoms. The van der Waals surface area contributed by atoms with E-state index in [0.717, 1.165) is 16.3 Å². The van der Waals surface area contributed by atoms with Crippen molar-refractivity contribution in [2.24, 2.45) is 0 Å². The molecule has 0 fully saturated rings. The number of amides is 2. The van der Waals surface area contributed by atoms with E-state index in [1.165, 1.54) is 11.8 Å². The van der Waals surface area contributed by atoms with Crippen molar-refractivity contribution in [3.8, 4) is 0 Å². The molecular weight excluding hydrogens is 408 g/mol. The van der Waals surface area contributed by atoms with Gasteiger partial charge in [0.25, 0.3) is 5.91 Å². The zero-order valence-corrected chi connectivity index (χ0v) is 18.5. The van der Waals surface area contributed by atoms with Gasteiger partial charge >= 0.3 is 6.09 Å². The van der Waals surface area contributed by atoms with Crippen LogP contribution < -0.4 is 10.2 Å². The number of nitrogens with one attached hydrogen (secondary N) is 1. The van der Waals surface area contributed by atoms with Gasteiger partial charge in [-0.1, -0.05) is 66.4 Å². The largest absolute Gasteiger partial charge is 0.444 e. The minimum atomic E-state index is -1.36. The molecule has 1 heterocycles. The van der Waals surface area contributed by atoms with Gasteiger partial charge in [-0.25, -0.2) is 4.79 Å². The molecule has 0 spiro atoms. The van der Waals surface area contributed by atoms with Crippen LogP contribution in [0.25, 0.3) is 0 Å². The standard InChI is InChI=1S/C25H24N2O3S/c1-24(2,3)30-23(29)26-25(31-19-14-8-5-9-15-19)20-16-10-11-17-21(20)27(22(25)28)18-12-6-4-7-13-18/h4-17H,1-3H3,(H,26,29). The lowest BCUT2D eigenvalue weighted by atomic mass is 10.1. The van der Waals surface area contributed by atoms with Crippen LogP contribution >= 0.6 is 11.8 Å².